The Morgan fingerprint density at radius 3 is 2.13 bits per heavy atom. The van der Waals surface area contributed by atoms with E-state index in [0.29, 0.717) is 5.56 Å². The van der Waals surface area contributed by atoms with Gasteiger partial charge in [0.25, 0.3) is 0 Å². The lowest BCUT2D eigenvalue weighted by Gasteiger charge is -2.21. The molecule has 0 saturated heterocycles. The molecule has 4 rings (SSSR count). The second-order valence-corrected chi connectivity index (χ2v) is 8.17. The highest BCUT2D eigenvalue weighted by Gasteiger charge is 2.37. The van der Waals surface area contributed by atoms with Gasteiger partial charge in [0.2, 0.25) is 0 Å². The third-order valence-corrected chi connectivity index (χ3v) is 5.96. The van der Waals surface area contributed by atoms with Gasteiger partial charge in [-0.1, -0.05) is 76.6 Å². The molecule has 3 aromatic rings. The summed E-state index contributed by atoms with van der Waals surface area (Å²) in [6.45, 7) is 0.0574. The number of carbonyl (C=O) groups excluding carboxylic acids is 1. The highest BCUT2D eigenvalue weighted by molar-refractivity contribution is 9.10. The first kappa shape index (κ1) is 20.3. The number of benzene rings is 3. The number of esters is 1. The Bertz CT molecular complexity index is 1070. The van der Waals surface area contributed by atoms with Crippen LogP contribution in [0, 0.1) is 5.92 Å². The van der Waals surface area contributed by atoms with Crippen LogP contribution in [0.3, 0.4) is 0 Å². The number of carboxylic acids is 1. The SMILES string of the molecule is NC(c1cccc(Br)c1)C(C(=O)O)C(=O)OCC1c2ccccc2-c2ccccc21. The van der Waals surface area contributed by atoms with Crippen LogP contribution in [-0.2, 0) is 14.3 Å². The highest BCUT2D eigenvalue weighted by atomic mass is 79.9. The molecule has 3 N–H and O–H groups in total. The molecule has 2 atom stereocenters. The van der Waals surface area contributed by atoms with Crippen molar-refractivity contribution in [1.29, 1.82) is 0 Å². The van der Waals surface area contributed by atoms with Gasteiger partial charge >= 0.3 is 11.9 Å². The van der Waals surface area contributed by atoms with Gasteiger partial charge < -0.3 is 15.6 Å². The van der Waals surface area contributed by atoms with Crippen LogP contribution in [0.4, 0.5) is 0 Å². The van der Waals surface area contributed by atoms with E-state index in [4.69, 9.17) is 10.5 Å². The summed E-state index contributed by atoms with van der Waals surface area (Å²) in [4.78, 5) is 24.6. The van der Waals surface area contributed by atoms with Crippen molar-refractivity contribution in [1.82, 2.24) is 0 Å². The number of carbonyl (C=O) groups is 2. The van der Waals surface area contributed by atoms with Crippen molar-refractivity contribution in [2.45, 2.75) is 12.0 Å². The Balaban J connectivity index is 1.55. The molecule has 3 aromatic carbocycles. The molecular weight excluding hydrogens is 446 g/mol. The number of carboxylic acid groups (broad SMARTS) is 1. The van der Waals surface area contributed by atoms with E-state index in [9.17, 15) is 14.7 Å². The minimum absolute atomic E-state index is 0.0574. The van der Waals surface area contributed by atoms with Gasteiger partial charge in [-0.25, -0.2) is 0 Å². The van der Waals surface area contributed by atoms with Crippen LogP contribution in [0.1, 0.15) is 28.7 Å². The van der Waals surface area contributed by atoms with Gasteiger partial charge in [-0.05, 0) is 39.9 Å². The van der Waals surface area contributed by atoms with Gasteiger partial charge in [-0.2, -0.15) is 0 Å². The molecule has 0 heterocycles. The van der Waals surface area contributed by atoms with Crippen LogP contribution in [0.5, 0.6) is 0 Å². The van der Waals surface area contributed by atoms with Crippen molar-refractivity contribution in [3.63, 3.8) is 0 Å². The van der Waals surface area contributed by atoms with Crippen molar-refractivity contribution in [2.75, 3.05) is 6.61 Å². The van der Waals surface area contributed by atoms with Crippen molar-refractivity contribution in [3.05, 3.63) is 94.0 Å². The molecule has 0 aliphatic heterocycles. The fourth-order valence-electron chi connectivity index (χ4n) is 4.00. The lowest BCUT2D eigenvalue weighted by molar-refractivity contribution is -0.160. The molecular formula is C24H20BrNO4. The van der Waals surface area contributed by atoms with Gasteiger partial charge in [0.1, 0.15) is 6.61 Å². The standard InChI is InChI=1S/C24H20BrNO4/c25-15-7-5-6-14(12-15)22(26)21(23(27)28)24(29)30-13-20-18-10-3-1-8-16(18)17-9-2-4-11-19(17)20/h1-12,20-22H,13,26H2,(H,27,28). The van der Waals surface area contributed by atoms with Crippen LogP contribution >= 0.6 is 15.9 Å². The molecule has 0 radical (unpaired) electrons. The average Bonchev–Trinajstić information content (AvgIpc) is 3.06. The van der Waals surface area contributed by atoms with E-state index >= 15 is 0 Å². The first-order chi connectivity index (χ1) is 14.5. The number of aliphatic carboxylic acids is 1. The van der Waals surface area contributed by atoms with E-state index in [0.717, 1.165) is 26.7 Å². The number of hydrogen-bond acceptors (Lipinski definition) is 4. The zero-order chi connectivity index (χ0) is 21.3. The lowest BCUT2D eigenvalue weighted by Crippen LogP contribution is -2.36. The Kier molecular flexibility index (Phi) is 5.70. The first-order valence-electron chi connectivity index (χ1n) is 9.56. The smallest absolute Gasteiger partial charge is 0.322 e. The monoisotopic (exact) mass is 465 g/mol. The first-order valence-corrected chi connectivity index (χ1v) is 10.4. The summed E-state index contributed by atoms with van der Waals surface area (Å²) >= 11 is 3.34. The number of rotatable bonds is 6. The van der Waals surface area contributed by atoms with E-state index in [1.165, 1.54) is 0 Å². The third-order valence-electron chi connectivity index (χ3n) is 5.47. The lowest BCUT2D eigenvalue weighted by atomic mass is 9.93. The fourth-order valence-corrected chi connectivity index (χ4v) is 4.42. The fraction of sp³-hybridized carbons (Fsp3) is 0.167. The van der Waals surface area contributed by atoms with Crippen LogP contribution < -0.4 is 5.73 Å². The van der Waals surface area contributed by atoms with E-state index < -0.39 is 23.9 Å². The maximum atomic E-state index is 12.8. The van der Waals surface area contributed by atoms with Gasteiger partial charge in [-0.3, -0.25) is 9.59 Å². The summed E-state index contributed by atoms with van der Waals surface area (Å²) in [6.07, 6.45) is 0. The maximum absolute atomic E-state index is 12.8. The molecule has 2 unspecified atom stereocenters. The topological polar surface area (TPSA) is 89.6 Å². The molecule has 6 heteroatoms. The molecule has 30 heavy (non-hydrogen) atoms. The highest BCUT2D eigenvalue weighted by Crippen LogP contribution is 2.44. The van der Waals surface area contributed by atoms with E-state index in [2.05, 4.69) is 15.9 Å². The Labute approximate surface area is 182 Å². The predicted molar refractivity (Wildman–Crippen MR) is 117 cm³/mol. The van der Waals surface area contributed by atoms with E-state index in [1.807, 2.05) is 48.5 Å². The average molecular weight is 466 g/mol. The number of halogens is 1. The van der Waals surface area contributed by atoms with Crippen molar-refractivity contribution in [2.24, 2.45) is 11.7 Å². The number of hydrogen-bond donors (Lipinski definition) is 2. The summed E-state index contributed by atoms with van der Waals surface area (Å²) in [5, 5.41) is 9.66. The molecule has 5 nitrogen and oxygen atoms in total. The molecule has 1 aliphatic carbocycles. The normalized spacial score (nSPS) is 14.5. The summed E-state index contributed by atoms with van der Waals surface area (Å²) in [7, 11) is 0. The minimum Gasteiger partial charge on any atom is -0.481 e. The van der Waals surface area contributed by atoms with Gasteiger partial charge in [0.15, 0.2) is 5.92 Å². The molecule has 0 spiro atoms. The number of nitrogens with two attached hydrogens (primary N) is 1. The maximum Gasteiger partial charge on any atom is 0.322 e. The summed E-state index contributed by atoms with van der Waals surface area (Å²) in [5.41, 5.74) is 11.0. The summed E-state index contributed by atoms with van der Waals surface area (Å²) in [5.74, 6) is -3.78. The Hall–Kier alpha value is -2.96. The molecule has 0 fully saturated rings. The third kappa shape index (κ3) is 3.76. The van der Waals surface area contributed by atoms with Gasteiger partial charge in [-0.15, -0.1) is 0 Å². The van der Waals surface area contributed by atoms with Crippen molar-refractivity contribution < 1.29 is 19.4 Å². The number of ether oxygens (including phenoxy) is 1. The van der Waals surface area contributed by atoms with E-state index in [1.54, 1.807) is 24.3 Å². The molecule has 0 bridgehead atoms. The molecule has 0 amide bonds. The van der Waals surface area contributed by atoms with Crippen LogP contribution in [0.15, 0.2) is 77.3 Å². The zero-order valence-electron chi connectivity index (χ0n) is 16.0. The number of fused-ring (bicyclic) bond motifs is 3. The molecule has 1 aliphatic rings. The second kappa shape index (κ2) is 8.42. The minimum atomic E-state index is -1.49. The largest absolute Gasteiger partial charge is 0.481 e. The van der Waals surface area contributed by atoms with Crippen molar-refractivity contribution in [3.8, 4) is 11.1 Å². The van der Waals surface area contributed by atoms with Crippen LogP contribution in [0.25, 0.3) is 11.1 Å². The predicted octanol–water partition coefficient (Wildman–Crippen LogP) is 4.51. The summed E-state index contributed by atoms with van der Waals surface area (Å²) in [6, 6.07) is 21.9. The molecule has 0 aromatic heterocycles. The van der Waals surface area contributed by atoms with Gasteiger partial charge in [0, 0.05) is 10.4 Å². The second-order valence-electron chi connectivity index (χ2n) is 7.25. The van der Waals surface area contributed by atoms with E-state index in [-0.39, 0.29) is 12.5 Å². The van der Waals surface area contributed by atoms with Crippen molar-refractivity contribution >= 4 is 27.9 Å². The Morgan fingerprint density at radius 1 is 0.967 bits per heavy atom. The quantitative estimate of drug-likeness (QED) is 0.412. The summed E-state index contributed by atoms with van der Waals surface area (Å²) < 4.78 is 6.28. The van der Waals surface area contributed by atoms with Crippen LogP contribution in [-0.4, -0.2) is 23.7 Å². The molecule has 0 saturated carbocycles. The molecule has 152 valence electrons. The van der Waals surface area contributed by atoms with Crippen LogP contribution in [0.2, 0.25) is 0 Å². The Morgan fingerprint density at radius 2 is 1.57 bits per heavy atom. The zero-order valence-corrected chi connectivity index (χ0v) is 17.6. The van der Waals surface area contributed by atoms with Gasteiger partial charge in [0.05, 0.1) is 6.04 Å².